The van der Waals surface area contributed by atoms with Crippen molar-refractivity contribution in [2.45, 2.75) is 38.7 Å². The number of aryl methyl sites for hydroxylation is 1. The van der Waals surface area contributed by atoms with E-state index in [0.29, 0.717) is 11.9 Å². The third-order valence-corrected chi connectivity index (χ3v) is 4.88. The second-order valence-corrected chi connectivity index (χ2v) is 6.73. The molecule has 108 valence electrons. The number of hydrogen-bond acceptors (Lipinski definition) is 6. The Bertz CT molecular complexity index is 612. The van der Waals surface area contributed by atoms with E-state index in [9.17, 15) is 5.11 Å². The van der Waals surface area contributed by atoms with E-state index in [-0.39, 0.29) is 6.10 Å². The average molecular weight is 292 g/mol. The van der Waals surface area contributed by atoms with Gasteiger partial charge in [0.05, 0.1) is 11.5 Å². The summed E-state index contributed by atoms with van der Waals surface area (Å²) in [6.07, 6.45) is 4.11. The Morgan fingerprint density at radius 3 is 3.00 bits per heavy atom. The number of hydrogen-bond donors (Lipinski definition) is 3. The first-order valence-electron chi connectivity index (χ1n) is 7.09. The topological polar surface area (TPSA) is 84.1 Å². The maximum absolute atomic E-state index is 10.0. The first-order chi connectivity index (χ1) is 9.63. The zero-order chi connectivity index (χ0) is 14.1. The van der Waals surface area contributed by atoms with Gasteiger partial charge in [-0.1, -0.05) is 12.8 Å². The third-order valence-electron chi connectivity index (χ3n) is 3.93. The highest BCUT2D eigenvalue weighted by Gasteiger charge is 2.23. The summed E-state index contributed by atoms with van der Waals surface area (Å²) in [5, 5.41) is 14.4. The van der Waals surface area contributed by atoms with E-state index in [1.54, 1.807) is 11.3 Å². The summed E-state index contributed by atoms with van der Waals surface area (Å²) in [5.41, 5.74) is 5.77. The first-order valence-corrected chi connectivity index (χ1v) is 7.91. The summed E-state index contributed by atoms with van der Waals surface area (Å²) < 4.78 is 0. The van der Waals surface area contributed by atoms with Crippen molar-refractivity contribution in [2.75, 3.05) is 17.6 Å². The maximum Gasteiger partial charge on any atom is 0.223 e. The summed E-state index contributed by atoms with van der Waals surface area (Å²) in [6, 6.07) is 2.08. The second-order valence-electron chi connectivity index (χ2n) is 5.50. The van der Waals surface area contributed by atoms with Gasteiger partial charge in [0.2, 0.25) is 5.95 Å². The van der Waals surface area contributed by atoms with Crippen LogP contribution in [0, 0.1) is 12.8 Å². The number of nitrogens with zero attached hydrogens (tertiary/aromatic N) is 2. The third kappa shape index (κ3) is 2.71. The van der Waals surface area contributed by atoms with E-state index >= 15 is 0 Å². The quantitative estimate of drug-likeness (QED) is 0.809. The molecular weight excluding hydrogens is 272 g/mol. The normalized spacial score (nSPS) is 23.1. The monoisotopic (exact) mass is 292 g/mol. The van der Waals surface area contributed by atoms with E-state index in [2.05, 4.69) is 28.3 Å². The van der Waals surface area contributed by atoms with E-state index in [1.807, 2.05) is 0 Å². The Labute approximate surface area is 122 Å². The number of aromatic nitrogens is 2. The molecule has 0 aliphatic heterocycles. The highest BCUT2D eigenvalue weighted by atomic mass is 32.1. The van der Waals surface area contributed by atoms with Gasteiger partial charge in [0.1, 0.15) is 10.6 Å². The highest BCUT2D eigenvalue weighted by molar-refractivity contribution is 7.18. The molecule has 0 saturated heterocycles. The Kier molecular flexibility index (Phi) is 3.76. The molecular formula is C14H20N4OS. The molecule has 2 atom stereocenters. The molecule has 5 nitrogen and oxygen atoms in total. The van der Waals surface area contributed by atoms with Gasteiger partial charge in [0.15, 0.2) is 0 Å². The first kappa shape index (κ1) is 13.6. The fourth-order valence-corrected chi connectivity index (χ4v) is 3.73. The summed E-state index contributed by atoms with van der Waals surface area (Å²) in [7, 11) is 0. The number of aliphatic hydroxyl groups excluding tert-OH is 1. The summed E-state index contributed by atoms with van der Waals surface area (Å²) in [6.45, 7) is 2.79. The lowest BCUT2D eigenvalue weighted by Crippen LogP contribution is -2.30. The Hall–Kier alpha value is -1.40. The van der Waals surface area contributed by atoms with Crippen molar-refractivity contribution in [1.29, 1.82) is 0 Å². The summed E-state index contributed by atoms with van der Waals surface area (Å²) >= 11 is 1.62. The number of aliphatic hydroxyl groups is 1. The van der Waals surface area contributed by atoms with Crippen LogP contribution in [0.1, 0.15) is 30.6 Å². The Balaban J connectivity index is 1.79. The molecule has 0 aromatic carbocycles. The zero-order valence-electron chi connectivity index (χ0n) is 11.6. The second kappa shape index (κ2) is 5.54. The number of nitrogens with two attached hydrogens (primary N) is 1. The summed E-state index contributed by atoms with van der Waals surface area (Å²) in [5.74, 6) is 1.38. The Morgan fingerprint density at radius 2 is 2.20 bits per heavy atom. The maximum atomic E-state index is 10.0. The van der Waals surface area contributed by atoms with Gasteiger partial charge in [-0.15, -0.1) is 11.3 Å². The predicted octanol–water partition coefficient (Wildman–Crippen LogP) is 2.54. The molecule has 1 saturated carbocycles. The van der Waals surface area contributed by atoms with Crippen LogP contribution in [0.25, 0.3) is 10.2 Å². The minimum atomic E-state index is -0.199. The van der Waals surface area contributed by atoms with Crippen LogP contribution in [0.4, 0.5) is 11.8 Å². The largest absolute Gasteiger partial charge is 0.393 e. The van der Waals surface area contributed by atoms with Gasteiger partial charge in [-0.3, -0.25) is 0 Å². The molecule has 1 aliphatic rings. The van der Waals surface area contributed by atoms with E-state index in [1.165, 1.54) is 11.3 Å². The van der Waals surface area contributed by atoms with Crippen LogP contribution in [-0.2, 0) is 0 Å². The number of fused-ring (bicyclic) bond motifs is 1. The zero-order valence-corrected chi connectivity index (χ0v) is 12.4. The van der Waals surface area contributed by atoms with Crippen LogP contribution in [0.3, 0.4) is 0 Å². The van der Waals surface area contributed by atoms with Gasteiger partial charge in [-0.25, -0.2) is 4.98 Å². The van der Waals surface area contributed by atoms with E-state index < -0.39 is 0 Å². The van der Waals surface area contributed by atoms with Crippen LogP contribution in [0.15, 0.2) is 6.07 Å². The number of thiophene rings is 1. The summed E-state index contributed by atoms with van der Waals surface area (Å²) in [4.78, 5) is 10.7. The van der Waals surface area contributed by atoms with Gasteiger partial charge >= 0.3 is 0 Å². The molecule has 0 spiro atoms. The molecule has 3 rings (SSSR count). The van der Waals surface area contributed by atoms with Crippen molar-refractivity contribution in [1.82, 2.24) is 9.97 Å². The molecule has 0 radical (unpaired) electrons. The molecule has 1 fully saturated rings. The van der Waals surface area contributed by atoms with Crippen LogP contribution in [-0.4, -0.2) is 27.7 Å². The van der Waals surface area contributed by atoms with Crippen molar-refractivity contribution < 1.29 is 5.11 Å². The van der Waals surface area contributed by atoms with E-state index in [0.717, 1.165) is 41.8 Å². The lowest BCUT2D eigenvalue weighted by molar-refractivity contribution is 0.0763. The Morgan fingerprint density at radius 1 is 1.40 bits per heavy atom. The van der Waals surface area contributed by atoms with Crippen molar-refractivity contribution >= 4 is 33.3 Å². The van der Waals surface area contributed by atoms with Gasteiger partial charge in [-0.2, -0.15) is 4.98 Å². The highest BCUT2D eigenvalue weighted by Crippen LogP contribution is 2.30. The van der Waals surface area contributed by atoms with Crippen LogP contribution in [0.5, 0.6) is 0 Å². The minimum Gasteiger partial charge on any atom is -0.393 e. The molecule has 2 unspecified atom stereocenters. The molecule has 2 aromatic heterocycles. The van der Waals surface area contributed by atoms with Crippen molar-refractivity contribution in [3.05, 3.63) is 10.9 Å². The fourth-order valence-electron chi connectivity index (χ4n) is 2.85. The van der Waals surface area contributed by atoms with Gasteiger partial charge in [-0.05, 0) is 25.8 Å². The van der Waals surface area contributed by atoms with Crippen molar-refractivity contribution in [3.8, 4) is 0 Å². The number of rotatable bonds is 3. The van der Waals surface area contributed by atoms with Gasteiger partial charge in [0, 0.05) is 17.3 Å². The molecule has 1 aliphatic carbocycles. The smallest absolute Gasteiger partial charge is 0.223 e. The molecule has 2 aromatic rings. The molecule has 2 heterocycles. The van der Waals surface area contributed by atoms with Gasteiger partial charge in [0.25, 0.3) is 0 Å². The molecule has 0 bridgehead atoms. The lowest BCUT2D eigenvalue weighted by Gasteiger charge is -2.27. The van der Waals surface area contributed by atoms with Crippen LogP contribution < -0.4 is 11.1 Å². The minimum absolute atomic E-state index is 0.199. The van der Waals surface area contributed by atoms with Crippen molar-refractivity contribution in [3.63, 3.8) is 0 Å². The van der Waals surface area contributed by atoms with Crippen molar-refractivity contribution in [2.24, 2.45) is 5.92 Å². The van der Waals surface area contributed by atoms with Crippen LogP contribution >= 0.6 is 11.3 Å². The van der Waals surface area contributed by atoms with Crippen LogP contribution in [0.2, 0.25) is 0 Å². The molecule has 6 heteroatoms. The average Bonchev–Trinajstić information content (AvgIpc) is 2.77. The predicted molar refractivity (Wildman–Crippen MR) is 83.0 cm³/mol. The number of nitrogen functional groups attached to an aromatic ring is 1. The number of anilines is 2. The SMILES string of the molecule is Cc1cc2c(NCC3CCCCC3O)nc(N)nc2s1. The molecule has 0 amide bonds. The number of nitrogens with one attached hydrogen (secondary N) is 1. The van der Waals surface area contributed by atoms with Gasteiger partial charge < -0.3 is 16.2 Å². The van der Waals surface area contributed by atoms with E-state index in [4.69, 9.17) is 5.73 Å². The fraction of sp³-hybridized carbons (Fsp3) is 0.571. The standard InChI is InChI=1S/C14H20N4OS/c1-8-6-10-12(17-14(15)18-13(10)20-8)16-7-9-4-2-3-5-11(9)19/h6,9,11,19H,2-5,7H2,1H3,(H3,15,16,17,18). The lowest BCUT2D eigenvalue weighted by atomic mass is 9.86. The molecule has 4 N–H and O–H groups in total. The molecule has 20 heavy (non-hydrogen) atoms.